The van der Waals surface area contributed by atoms with Crippen molar-refractivity contribution in [3.63, 3.8) is 0 Å². The molecule has 0 saturated heterocycles. The van der Waals surface area contributed by atoms with E-state index in [0.717, 1.165) is 0 Å². The van der Waals surface area contributed by atoms with Crippen LogP contribution >= 0.6 is 0 Å². The lowest BCUT2D eigenvalue weighted by molar-refractivity contribution is -0.144. The van der Waals surface area contributed by atoms with E-state index in [1.165, 1.54) is 16.9 Å². The Balaban J connectivity index is 2.02. The number of rotatable bonds is 3. The quantitative estimate of drug-likeness (QED) is 0.670. The average Bonchev–Trinajstić information content (AvgIpc) is 3.26. The summed E-state index contributed by atoms with van der Waals surface area (Å²) in [7, 11) is 0. The van der Waals surface area contributed by atoms with Gasteiger partial charge in [0, 0.05) is 0 Å². The lowest BCUT2D eigenvalue weighted by Gasteiger charge is -2.30. The standard InChI is InChI=1S/C19H16F3N3O3/c1-10(2)28-17(26)14-15(13-8-5-9-27-13)25-12-7-4-3-6-11(12)23-18(25)24-16(14)19(20,21)22/h3-10,15H,1-2H3,(H,23,24). The second-order valence-electron chi connectivity index (χ2n) is 6.58. The van der Waals surface area contributed by atoms with Crippen molar-refractivity contribution in [2.45, 2.75) is 32.2 Å². The summed E-state index contributed by atoms with van der Waals surface area (Å²) in [4.78, 5) is 17.0. The van der Waals surface area contributed by atoms with Gasteiger partial charge in [-0.25, -0.2) is 9.78 Å². The molecule has 0 fully saturated rings. The fraction of sp³-hybridized carbons (Fsp3) is 0.263. The summed E-state index contributed by atoms with van der Waals surface area (Å²) in [5, 5.41) is 2.29. The molecule has 0 aliphatic carbocycles. The maximum absolute atomic E-state index is 13.9. The molecule has 0 spiro atoms. The van der Waals surface area contributed by atoms with Gasteiger partial charge in [-0.1, -0.05) is 12.1 Å². The Morgan fingerprint density at radius 1 is 1.25 bits per heavy atom. The molecule has 28 heavy (non-hydrogen) atoms. The molecule has 1 N–H and O–H groups in total. The van der Waals surface area contributed by atoms with Crippen LogP contribution in [0.1, 0.15) is 25.6 Å². The Kier molecular flexibility index (Phi) is 4.17. The van der Waals surface area contributed by atoms with Gasteiger partial charge in [-0.05, 0) is 38.1 Å². The monoisotopic (exact) mass is 391 g/mol. The molecule has 0 bridgehead atoms. The molecule has 1 atom stereocenters. The minimum absolute atomic E-state index is 0.0315. The highest BCUT2D eigenvalue weighted by atomic mass is 19.4. The largest absolute Gasteiger partial charge is 0.467 e. The minimum Gasteiger partial charge on any atom is -0.467 e. The van der Waals surface area contributed by atoms with Crippen molar-refractivity contribution in [1.82, 2.24) is 9.55 Å². The summed E-state index contributed by atoms with van der Waals surface area (Å²) >= 11 is 0. The van der Waals surface area contributed by atoms with Crippen LogP contribution in [0.4, 0.5) is 19.1 Å². The number of anilines is 1. The lowest BCUT2D eigenvalue weighted by atomic mass is 9.99. The maximum Gasteiger partial charge on any atom is 0.431 e. The number of hydrogen-bond donors (Lipinski definition) is 1. The number of benzene rings is 1. The smallest absolute Gasteiger partial charge is 0.431 e. The average molecular weight is 391 g/mol. The van der Waals surface area contributed by atoms with E-state index < -0.39 is 35.6 Å². The van der Waals surface area contributed by atoms with Gasteiger partial charge in [0.05, 0.1) is 29.0 Å². The third-order valence-corrected chi connectivity index (χ3v) is 4.29. The van der Waals surface area contributed by atoms with Crippen LogP contribution in [0.2, 0.25) is 0 Å². The number of hydrogen-bond acceptors (Lipinski definition) is 5. The van der Waals surface area contributed by atoms with Gasteiger partial charge in [0.2, 0.25) is 5.95 Å². The van der Waals surface area contributed by atoms with Crippen LogP contribution in [-0.4, -0.2) is 27.8 Å². The summed E-state index contributed by atoms with van der Waals surface area (Å²) in [6.45, 7) is 3.14. The molecule has 146 valence electrons. The van der Waals surface area contributed by atoms with Crippen LogP contribution in [0, 0.1) is 0 Å². The molecule has 4 rings (SSSR count). The highest BCUT2D eigenvalue weighted by Crippen LogP contribution is 2.44. The van der Waals surface area contributed by atoms with E-state index in [0.29, 0.717) is 11.0 Å². The van der Waals surface area contributed by atoms with Crippen molar-refractivity contribution in [3.8, 4) is 0 Å². The van der Waals surface area contributed by atoms with E-state index in [1.54, 1.807) is 44.2 Å². The molecular weight excluding hydrogens is 375 g/mol. The predicted molar refractivity (Wildman–Crippen MR) is 94.5 cm³/mol. The van der Waals surface area contributed by atoms with Crippen molar-refractivity contribution in [1.29, 1.82) is 0 Å². The van der Waals surface area contributed by atoms with Crippen LogP contribution in [0.25, 0.3) is 11.0 Å². The van der Waals surface area contributed by atoms with Crippen molar-refractivity contribution in [3.05, 3.63) is 59.7 Å². The number of imidazole rings is 1. The number of fused-ring (bicyclic) bond motifs is 3. The summed E-state index contributed by atoms with van der Waals surface area (Å²) in [6, 6.07) is 8.76. The van der Waals surface area contributed by atoms with Crippen LogP contribution < -0.4 is 5.32 Å². The van der Waals surface area contributed by atoms with Gasteiger partial charge in [-0.15, -0.1) is 0 Å². The summed E-state index contributed by atoms with van der Waals surface area (Å²) < 4.78 is 53.6. The molecule has 0 radical (unpaired) electrons. The fourth-order valence-corrected chi connectivity index (χ4v) is 3.27. The van der Waals surface area contributed by atoms with Gasteiger partial charge in [0.1, 0.15) is 17.5 Å². The zero-order valence-electron chi connectivity index (χ0n) is 14.9. The van der Waals surface area contributed by atoms with Crippen molar-refractivity contribution in [2.75, 3.05) is 5.32 Å². The first-order valence-corrected chi connectivity index (χ1v) is 8.57. The van der Waals surface area contributed by atoms with E-state index in [9.17, 15) is 18.0 Å². The summed E-state index contributed by atoms with van der Waals surface area (Å²) in [5.74, 6) is -0.931. The van der Waals surface area contributed by atoms with E-state index >= 15 is 0 Å². The van der Waals surface area contributed by atoms with Gasteiger partial charge in [-0.2, -0.15) is 13.2 Å². The second-order valence-corrected chi connectivity index (χ2v) is 6.58. The van der Waals surface area contributed by atoms with Gasteiger partial charge in [-0.3, -0.25) is 4.57 Å². The molecule has 1 aliphatic rings. The number of alkyl halides is 3. The molecule has 1 unspecified atom stereocenters. The number of aromatic nitrogens is 2. The Morgan fingerprint density at radius 2 is 2.00 bits per heavy atom. The number of ether oxygens (including phenoxy) is 1. The Morgan fingerprint density at radius 3 is 2.64 bits per heavy atom. The number of nitrogens with zero attached hydrogens (tertiary/aromatic N) is 2. The summed E-state index contributed by atoms with van der Waals surface area (Å²) in [6.07, 6.45) is -4.07. The van der Waals surface area contributed by atoms with E-state index in [4.69, 9.17) is 9.15 Å². The lowest BCUT2D eigenvalue weighted by Crippen LogP contribution is -2.35. The Hall–Kier alpha value is -3.23. The number of carbonyl (C=O) groups is 1. The van der Waals surface area contributed by atoms with E-state index in [2.05, 4.69) is 10.3 Å². The van der Waals surface area contributed by atoms with Crippen molar-refractivity contribution < 1.29 is 27.1 Å². The number of allylic oxidation sites excluding steroid dienone is 1. The molecule has 3 heterocycles. The SMILES string of the molecule is CC(C)OC(=O)C1=C(C(F)(F)F)Nc2nc3ccccc3n2C1c1ccco1. The number of para-hydroxylation sites is 2. The third kappa shape index (κ3) is 2.92. The molecule has 6 nitrogen and oxygen atoms in total. The molecule has 0 amide bonds. The summed E-state index contributed by atoms with van der Waals surface area (Å²) in [5.41, 5.74) is -0.738. The normalized spacial score (nSPS) is 17.0. The van der Waals surface area contributed by atoms with Crippen molar-refractivity contribution >= 4 is 23.0 Å². The van der Waals surface area contributed by atoms with Crippen LogP contribution in [-0.2, 0) is 9.53 Å². The van der Waals surface area contributed by atoms with E-state index in [-0.39, 0.29) is 11.7 Å². The van der Waals surface area contributed by atoms with Crippen LogP contribution in [0.3, 0.4) is 0 Å². The van der Waals surface area contributed by atoms with Gasteiger partial charge in [0.25, 0.3) is 0 Å². The van der Waals surface area contributed by atoms with Crippen molar-refractivity contribution in [2.24, 2.45) is 0 Å². The van der Waals surface area contributed by atoms with Crippen LogP contribution in [0.5, 0.6) is 0 Å². The second kappa shape index (κ2) is 6.43. The van der Waals surface area contributed by atoms with Crippen LogP contribution in [0.15, 0.2) is 58.3 Å². The third-order valence-electron chi connectivity index (χ3n) is 4.29. The highest BCUT2D eigenvalue weighted by molar-refractivity contribution is 5.94. The predicted octanol–water partition coefficient (Wildman–Crippen LogP) is 4.41. The number of carbonyl (C=O) groups excluding carboxylic acids is 1. The van der Waals surface area contributed by atoms with Gasteiger partial charge in [0.15, 0.2) is 0 Å². The first-order chi connectivity index (χ1) is 13.3. The Labute approximate surface area is 157 Å². The molecule has 1 aliphatic heterocycles. The number of halogens is 3. The van der Waals surface area contributed by atoms with Gasteiger partial charge < -0.3 is 14.5 Å². The molecule has 0 saturated carbocycles. The highest BCUT2D eigenvalue weighted by Gasteiger charge is 2.47. The number of furan rings is 1. The van der Waals surface area contributed by atoms with E-state index in [1.807, 2.05) is 0 Å². The first kappa shape index (κ1) is 18.1. The fourth-order valence-electron chi connectivity index (χ4n) is 3.27. The molecular formula is C19H16F3N3O3. The topological polar surface area (TPSA) is 69.3 Å². The zero-order valence-corrected chi connectivity index (χ0v) is 14.9. The minimum atomic E-state index is -4.82. The number of nitrogens with one attached hydrogen (secondary N) is 1. The molecule has 2 aromatic heterocycles. The Bertz CT molecular complexity index is 1070. The number of esters is 1. The molecule has 1 aromatic carbocycles. The molecule has 3 aromatic rings. The first-order valence-electron chi connectivity index (χ1n) is 8.57. The van der Waals surface area contributed by atoms with Gasteiger partial charge >= 0.3 is 12.1 Å². The zero-order chi connectivity index (χ0) is 20.1. The maximum atomic E-state index is 13.9. The molecule has 9 heteroatoms.